The summed E-state index contributed by atoms with van der Waals surface area (Å²) >= 11 is 4.77. The Kier molecular flexibility index (Phi) is 3.96. The van der Waals surface area contributed by atoms with Gasteiger partial charge >= 0.3 is 0 Å². The minimum atomic E-state index is -0.0340. The quantitative estimate of drug-likeness (QED) is 0.943. The average molecular weight is 314 g/mol. The van der Waals surface area contributed by atoms with Crippen molar-refractivity contribution in [3.05, 3.63) is 39.5 Å². The maximum Gasteiger partial charge on any atom is 0.261 e. The second kappa shape index (κ2) is 5.46. The van der Waals surface area contributed by atoms with Gasteiger partial charge in [0.15, 0.2) is 0 Å². The van der Waals surface area contributed by atoms with Crippen LogP contribution in [0.15, 0.2) is 34.6 Å². The van der Waals surface area contributed by atoms with Crippen LogP contribution in [-0.4, -0.2) is 21.5 Å². The monoisotopic (exact) mass is 313 g/mol. The summed E-state index contributed by atoms with van der Waals surface area (Å²) in [6.45, 7) is 2.69. The van der Waals surface area contributed by atoms with Crippen molar-refractivity contribution in [2.24, 2.45) is 0 Å². The molecule has 6 heteroatoms. The van der Waals surface area contributed by atoms with Gasteiger partial charge in [-0.1, -0.05) is 0 Å². The third kappa shape index (κ3) is 3.41. The minimum absolute atomic E-state index is 0.0340. The van der Waals surface area contributed by atoms with E-state index < -0.39 is 0 Å². The zero-order valence-electron chi connectivity index (χ0n) is 9.26. The first kappa shape index (κ1) is 12.3. The fourth-order valence-corrected chi connectivity index (χ4v) is 2.78. The maximum atomic E-state index is 11.9. The van der Waals surface area contributed by atoms with E-state index in [4.69, 9.17) is 0 Å². The number of nitrogens with one attached hydrogen (secondary N) is 1. The van der Waals surface area contributed by atoms with Gasteiger partial charge in [0.05, 0.1) is 15.0 Å². The average Bonchev–Trinajstić information content (AvgIpc) is 2.89. The van der Waals surface area contributed by atoms with E-state index in [1.807, 2.05) is 29.8 Å². The molecule has 0 aliphatic carbocycles. The van der Waals surface area contributed by atoms with Gasteiger partial charge in [0.25, 0.3) is 5.91 Å². The smallest absolute Gasteiger partial charge is 0.261 e. The van der Waals surface area contributed by atoms with Gasteiger partial charge in [-0.3, -0.25) is 4.79 Å². The van der Waals surface area contributed by atoms with Crippen molar-refractivity contribution in [2.75, 3.05) is 0 Å². The molecule has 4 nitrogen and oxygen atoms in total. The summed E-state index contributed by atoms with van der Waals surface area (Å²) in [5, 5.41) is 2.95. The minimum Gasteiger partial charge on any atom is -0.347 e. The fraction of sp³-hybridized carbons (Fsp3) is 0.273. The first-order valence-electron chi connectivity index (χ1n) is 5.17. The van der Waals surface area contributed by atoms with Crippen LogP contribution >= 0.6 is 27.3 Å². The molecule has 1 amide bonds. The summed E-state index contributed by atoms with van der Waals surface area (Å²) in [6, 6.07) is 3.76. The maximum absolute atomic E-state index is 11.9. The van der Waals surface area contributed by atoms with Crippen LogP contribution in [0.5, 0.6) is 0 Å². The summed E-state index contributed by atoms with van der Waals surface area (Å²) in [6.07, 6.45) is 5.35. The molecule has 2 heterocycles. The Morgan fingerprint density at radius 2 is 2.47 bits per heavy atom. The van der Waals surface area contributed by atoms with E-state index in [9.17, 15) is 4.79 Å². The second-order valence-electron chi connectivity index (χ2n) is 3.74. The number of hydrogen-bond donors (Lipinski definition) is 1. The molecule has 0 spiro atoms. The Labute approximate surface area is 112 Å². The number of carbonyl (C=O) groups excluding carboxylic acids is 1. The number of nitrogens with zero attached hydrogens (tertiary/aromatic N) is 2. The van der Waals surface area contributed by atoms with Crippen LogP contribution in [0.2, 0.25) is 0 Å². The summed E-state index contributed by atoms with van der Waals surface area (Å²) in [5.74, 6) is -0.0340. The number of amides is 1. The molecule has 0 bridgehead atoms. The van der Waals surface area contributed by atoms with Crippen LogP contribution in [0.25, 0.3) is 0 Å². The molecule has 0 radical (unpaired) electrons. The summed E-state index contributed by atoms with van der Waals surface area (Å²) in [5.41, 5.74) is 0. The van der Waals surface area contributed by atoms with Gasteiger partial charge in [-0.2, -0.15) is 0 Å². The molecule has 0 fully saturated rings. The van der Waals surface area contributed by atoms with Gasteiger partial charge in [0, 0.05) is 25.0 Å². The van der Waals surface area contributed by atoms with Crippen molar-refractivity contribution in [1.82, 2.24) is 14.9 Å². The molecular formula is C11H12BrN3OS. The number of rotatable bonds is 4. The predicted molar refractivity (Wildman–Crippen MR) is 71.2 cm³/mol. The van der Waals surface area contributed by atoms with Crippen molar-refractivity contribution >= 4 is 33.2 Å². The zero-order chi connectivity index (χ0) is 12.3. The van der Waals surface area contributed by atoms with Gasteiger partial charge in [-0.05, 0) is 35.0 Å². The Bertz CT molecular complexity index is 495. The first-order chi connectivity index (χ1) is 8.15. The molecule has 2 aromatic rings. The molecule has 0 saturated carbocycles. The van der Waals surface area contributed by atoms with Crippen molar-refractivity contribution in [2.45, 2.75) is 19.5 Å². The number of thiophene rings is 1. The molecule has 2 aromatic heterocycles. The predicted octanol–water partition coefficient (Wildman–Crippen LogP) is 2.53. The number of carbonyl (C=O) groups is 1. The lowest BCUT2D eigenvalue weighted by Crippen LogP contribution is -2.35. The largest absolute Gasteiger partial charge is 0.347 e. The van der Waals surface area contributed by atoms with Crippen molar-refractivity contribution in [1.29, 1.82) is 0 Å². The highest BCUT2D eigenvalue weighted by Gasteiger charge is 2.11. The second-order valence-corrected chi connectivity index (χ2v) is 6.20. The van der Waals surface area contributed by atoms with Crippen molar-refractivity contribution in [3.8, 4) is 0 Å². The van der Waals surface area contributed by atoms with Crippen LogP contribution < -0.4 is 5.32 Å². The van der Waals surface area contributed by atoms with E-state index >= 15 is 0 Å². The number of halogens is 1. The Hall–Kier alpha value is -1.14. The van der Waals surface area contributed by atoms with Gasteiger partial charge in [0.2, 0.25) is 0 Å². The van der Waals surface area contributed by atoms with E-state index in [1.54, 1.807) is 12.5 Å². The first-order valence-corrected chi connectivity index (χ1v) is 6.78. The molecule has 0 saturated heterocycles. The molecule has 2 rings (SSSR count). The van der Waals surface area contributed by atoms with Crippen LogP contribution in [0.1, 0.15) is 16.6 Å². The fourth-order valence-electron chi connectivity index (χ4n) is 1.49. The van der Waals surface area contributed by atoms with Crippen LogP contribution in [0, 0.1) is 0 Å². The Balaban J connectivity index is 1.90. The number of hydrogen-bond acceptors (Lipinski definition) is 3. The van der Waals surface area contributed by atoms with E-state index in [2.05, 4.69) is 26.2 Å². The molecule has 17 heavy (non-hydrogen) atoms. The van der Waals surface area contributed by atoms with E-state index in [-0.39, 0.29) is 11.9 Å². The van der Waals surface area contributed by atoms with Crippen LogP contribution in [0.3, 0.4) is 0 Å². The van der Waals surface area contributed by atoms with Crippen LogP contribution in [0.4, 0.5) is 0 Å². The highest BCUT2D eigenvalue weighted by molar-refractivity contribution is 9.11. The lowest BCUT2D eigenvalue weighted by atomic mass is 10.3. The Morgan fingerprint density at radius 3 is 3.06 bits per heavy atom. The standard InChI is InChI=1S/C11H12BrN3OS/c1-8(6-15-5-4-13-7-15)14-11(16)9-2-3-10(12)17-9/h2-5,7-8H,6H2,1H3,(H,14,16)/t8-/m0/s1. The number of imidazole rings is 1. The van der Waals surface area contributed by atoms with E-state index in [1.165, 1.54) is 11.3 Å². The summed E-state index contributed by atoms with van der Waals surface area (Å²) in [4.78, 5) is 16.5. The normalized spacial score (nSPS) is 12.4. The zero-order valence-corrected chi connectivity index (χ0v) is 11.7. The molecule has 1 N–H and O–H groups in total. The molecule has 90 valence electrons. The lowest BCUT2D eigenvalue weighted by molar-refractivity contribution is 0.0941. The summed E-state index contributed by atoms with van der Waals surface area (Å²) < 4.78 is 2.90. The van der Waals surface area contributed by atoms with Crippen molar-refractivity contribution in [3.63, 3.8) is 0 Å². The molecular weight excluding hydrogens is 302 g/mol. The highest BCUT2D eigenvalue weighted by Crippen LogP contribution is 2.21. The SMILES string of the molecule is C[C@@H](Cn1ccnc1)NC(=O)c1ccc(Br)s1. The molecule has 0 aliphatic rings. The molecule has 1 atom stereocenters. The van der Waals surface area contributed by atoms with Gasteiger partial charge < -0.3 is 9.88 Å². The third-order valence-corrected chi connectivity index (χ3v) is 3.84. The van der Waals surface area contributed by atoms with Crippen molar-refractivity contribution < 1.29 is 4.79 Å². The van der Waals surface area contributed by atoms with Gasteiger partial charge in [-0.25, -0.2) is 4.98 Å². The molecule has 0 aromatic carbocycles. The van der Waals surface area contributed by atoms with Gasteiger partial charge in [0.1, 0.15) is 0 Å². The Morgan fingerprint density at radius 1 is 1.65 bits per heavy atom. The molecule has 0 aliphatic heterocycles. The van der Waals surface area contributed by atoms with Crippen LogP contribution in [-0.2, 0) is 6.54 Å². The van der Waals surface area contributed by atoms with Gasteiger partial charge in [-0.15, -0.1) is 11.3 Å². The highest BCUT2D eigenvalue weighted by atomic mass is 79.9. The lowest BCUT2D eigenvalue weighted by Gasteiger charge is -2.13. The molecule has 0 unspecified atom stereocenters. The van der Waals surface area contributed by atoms with E-state index in [0.717, 1.165) is 10.3 Å². The number of aromatic nitrogens is 2. The topological polar surface area (TPSA) is 46.9 Å². The van der Waals surface area contributed by atoms with E-state index in [0.29, 0.717) is 4.88 Å². The summed E-state index contributed by atoms with van der Waals surface area (Å²) in [7, 11) is 0. The third-order valence-electron chi connectivity index (χ3n) is 2.22.